The molecule has 1 saturated carbocycles. The second-order valence-corrected chi connectivity index (χ2v) is 5.30. The quantitative estimate of drug-likeness (QED) is 0.407. The Hall–Kier alpha value is -1.47. The molecule has 8 heteroatoms. The van der Waals surface area contributed by atoms with E-state index in [4.69, 9.17) is 0 Å². The molecule has 1 aliphatic carbocycles. The van der Waals surface area contributed by atoms with Gasteiger partial charge in [-0.2, -0.15) is 17.6 Å². The van der Waals surface area contributed by atoms with E-state index in [0.29, 0.717) is 6.42 Å². The molecule has 0 amide bonds. The van der Waals surface area contributed by atoms with Gasteiger partial charge < -0.3 is 4.74 Å². The van der Waals surface area contributed by atoms with Crippen LogP contribution in [0.15, 0.2) is 12.2 Å². The van der Waals surface area contributed by atoms with E-state index in [2.05, 4.69) is 4.74 Å². The Morgan fingerprint density at radius 1 is 1.27 bits per heavy atom. The molecule has 0 aromatic rings. The maximum Gasteiger partial charge on any atom is 0.469 e. The molecule has 0 aliphatic heterocycles. The third-order valence-electron chi connectivity index (χ3n) is 3.59. The van der Waals surface area contributed by atoms with Crippen LogP contribution < -0.4 is 0 Å². The zero-order valence-electron chi connectivity index (χ0n) is 12.0. The molecule has 0 aromatic heterocycles. The predicted molar refractivity (Wildman–Crippen MR) is 67.2 cm³/mol. The van der Waals surface area contributed by atoms with Gasteiger partial charge in [0.15, 0.2) is 6.67 Å². The van der Waals surface area contributed by atoms with Crippen molar-refractivity contribution in [2.75, 3.05) is 6.67 Å². The maximum absolute atomic E-state index is 13.0. The average molecular weight is 328 g/mol. The fourth-order valence-electron chi connectivity index (χ4n) is 2.38. The van der Waals surface area contributed by atoms with Gasteiger partial charge in [0.1, 0.15) is 5.78 Å². The van der Waals surface area contributed by atoms with Gasteiger partial charge in [-0.1, -0.05) is 12.2 Å². The van der Waals surface area contributed by atoms with Gasteiger partial charge in [0, 0.05) is 19.3 Å². The lowest BCUT2D eigenvalue weighted by Gasteiger charge is -2.24. The van der Waals surface area contributed by atoms with E-state index in [0.717, 1.165) is 0 Å². The van der Waals surface area contributed by atoms with Crippen molar-refractivity contribution >= 4 is 11.8 Å². The van der Waals surface area contributed by atoms with E-state index in [-0.39, 0.29) is 24.5 Å². The van der Waals surface area contributed by atoms with Gasteiger partial charge in [-0.15, -0.1) is 0 Å². The first-order chi connectivity index (χ1) is 10.1. The van der Waals surface area contributed by atoms with Crippen molar-refractivity contribution in [3.8, 4) is 0 Å². The third-order valence-corrected chi connectivity index (χ3v) is 3.59. The Bertz CT molecular complexity index is 448. The van der Waals surface area contributed by atoms with Gasteiger partial charge in [-0.3, -0.25) is 9.59 Å². The van der Waals surface area contributed by atoms with Gasteiger partial charge in [-0.25, -0.2) is 4.39 Å². The maximum atomic E-state index is 13.0. The van der Waals surface area contributed by atoms with Crippen molar-refractivity contribution in [1.29, 1.82) is 0 Å². The standard InChI is InChI=1S/C14H17F5O3/c1-2-3-4-9-5-11(20)6-10(9)7-12(21)22-14(18,19)13(16,17)8-15/h2-3,9-10H,4-8H2,1H3. The molecule has 2 atom stereocenters. The van der Waals surface area contributed by atoms with Gasteiger partial charge in [-0.05, 0) is 25.2 Å². The molecule has 0 aromatic carbocycles. The molecule has 1 fully saturated rings. The van der Waals surface area contributed by atoms with E-state index < -0.39 is 37.0 Å². The van der Waals surface area contributed by atoms with Gasteiger partial charge in [0.2, 0.25) is 0 Å². The number of Topliss-reactive ketones (excluding diaryl/α,β-unsaturated/α-hetero) is 1. The lowest BCUT2D eigenvalue weighted by Crippen LogP contribution is -2.46. The smallest absolute Gasteiger partial charge is 0.396 e. The zero-order valence-corrected chi connectivity index (χ0v) is 12.0. The molecule has 0 spiro atoms. The second-order valence-electron chi connectivity index (χ2n) is 5.30. The van der Waals surface area contributed by atoms with Crippen molar-refractivity contribution in [1.82, 2.24) is 0 Å². The number of esters is 1. The average Bonchev–Trinajstić information content (AvgIpc) is 2.75. The SMILES string of the molecule is CC=CCC1CC(=O)CC1CC(=O)OC(F)(F)C(F)(F)CF. The summed E-state index contributed by atoms with van der Waals surface area (Å²) < 4.78 is 66.6. The molecular weight excluding hydrogens is 311 g/mol. The normalized spacial score (nSPS) is 23.3. The molecule has 22 heavy (non-hydrogen) atoms. The summed E-state index contributed by atoms with van der Waals surface area (Å²) >= 11 is 0. The first kappa shape index (κ1) is 18.6. The van der Waals surface area contributed by atoms with Crippen LogP contribution in [-0.4, -0.2) is 30.5 Å². The number of carbonyl (C=O) groups is 2. The number of carbonyl (C=O) groups excluding carboxylic acids is 2. The lowest BCUT2D eigenvalue weighted by molar-refractivity contribution is -0.333. The van der Waals surface area contributed by atoms with Crippen LogP contribution in [-0.2, 0) is 14.3 Å². The molecule has 0 N–H and O–H groups in total. The monoisotopic (exact) mass is 328 g/mol. The van der Waals surface area contributed by atoms with Crippen LogP contribution in [0.2, 0.25) is 0 Å². The molecule has 0 saturated heterocycles. The Labute approximate surface area is 124 Å². The number of rotatable bonds is 7. The van der Waals surface area contributed by atoms with Crippen molar-refractivity contribution in [2.45, 2.75) is 44.6 Å². The van der Waals surface area contributed by atoms with Gasteiger partial charge in [0.25, 0.3) is 0 Å². The molecule has 1 aliphatic rings. The van der Waals surface area contributed by atoms with Crippen LogP contribution in [0.25, 0.3) is 0 Å². The minimum atomic E-state index is -5.21. The molecule has 3 nitrogen and oxygen atoms in total. The van der Waals surface area contributed by atoms with Crippen molar-refractivity contribution in [3.05, 3.63) is 12.2 Å². The Morgan fingerprint density at radius 2 is 1.86 bits per heavy atom. The number of allylic oxidation sites excluding steroid dienone is 2. The zero-order chi connectivity index (χ0) is 17.0. The number of ketones is 1. The molecule has 1 rings (SSSR count). The molecule has 2 unspecified atom stereocenters. The number of halogens is 5. The predicted octanol–water partition coefficient (Wildman–Crippen LogP) is 3.68. The first-order valence-corrected chi connectivity index (χ1v) is 6.79. The van der Waals surface area contributed by atoms with E-state index in [1.165, 1.54) is 0 Å². The third kappa shape index (κ3) is 4.51. The topological polar surface area (TPSA) is 43.4 Å². The van der Waals surface area contributed by atoms with Crippen LogP contribution >= 0.6 is 0 Å². The summed E-state index contributed by atoms with van der Waals surface area (Å²) in [5, 5.41) is 0. The largest absolute Gasteiger partial charge is 0.469 e. The van der Waals surface area contributed by atoms with Gasteiger partial charge >= 0.3 is 18.0 Å². The highest BCUT2D eigenvalue weighted by atomic mass is 19.3. The summed E-state index contributed by atoms with van der Waals surface area (Å²) in [6, 6.07) is 0. The van der Waals surface area contributed by atoms with Crippen molar-refractivity contribution in [3.63, 3.8) is 0 Å². The highest BCUT2D eigenvalue weighted by Crippen LogP contribution is 2.38. The minimum Gasteiger partial charge on any atom is -0.396 e. The highest BCUT2D eigenvalue weighted by Gasteiger charge is 2.60. The Morgan fingerprint density at radius 3 is 2.41 bits per heavy atom. The lowest BCUT2D eigenvalue weighted by atomic mass is 9.90. The number of alkyl halides is 5. The molecule has 0 bridgehead atoms. The Balaban J connectivity index is 2.65. The summed E-state index contributed by atoms with van der Waals surface area (Å²) in [5.74, 6) is -7.51. The number of hydrogen-bond donors (Lipinski definition) is 0. The minimum absolute atomic E-state index is 0.0163. The fraction of sp³-hybridized carbons (Fsp3) is 0.714. The van der Waals surface area contributed by atoms with E-state index in [9.17, 15) is 31.5 Å². The number of ether oxygens (including phenoxy) is 1. The van der Waals surface area contributed by atoms with Crippen molar-refractivity contribution < 1.29 is 36.3 Å². The second kappa shape index (κ2) is 7.19. The van der Waals surface area contributed by atoms with Gasteiger partial charge in [0.05, 0.1) is 0 Å². The molecular formula is C14H17F5O3. The number of hydrogen-bond acceptors (Lipinski definition) is 3. The fourth-order valence-corrected chi connectivity index (χ4v) is 2.38. The summed E-state index contributed by atoms with van der Waals surface area (Å²) in [7, 11) is 0. The van der Waals surface area contributed by atoms with E-state index in [1.807, 2.05) is 0 Å². The summed E-state index contributed by atoms with van der Waals surface area (Å²) in [6.07, 6.45) is -1.56. The van der Waals surface area contributed by atoms with Crippen LogP contribution in [0.5, 0.6) is 0 Å². The first-order valence-electron chi connectivity index (χ1n) is 6.79. The summed E-state index contributed by atoms with van der Waals surface area (Å²) in [5.41, 5.74) is 0. The van der Waals surface area contributed by atoms with Crippen molar-refractivity contribution in [2.24, 2.45) is 11.8 Å². The van der Waals surface area contributed by atoms with Crippen LogP contribution in [0.4, 0.5) is 22.0 Å². The summed E-state index contributed by atoms with van der Waals surface area (Å²) in [4.78, 5) is 22.8. The van der Waals surface area contributed by atoms with Crippen LogP contribution in [0.1, 0.15) is 32.6 Å². The Kier molecular flexibility index (Phi) is 6.08. The summed E-state index contributed by atoms with van der Waals surface area (Å²) in [6.45, 7) is -0.876. The van der Waals surface area contributed by atoms with E-state index >= 15 is 0 Å². The van der Waals surface area contributed by atoms with Crippen LogP contribution in [0, 0.1) is 11.8 Å². The van der Waals surface area contributed by atoms with E-state index in [1.54, 1.807) is 19.1 Å². The highest BCUT2D eigenvalue weighted by molar-refractivity contribution is 5.82. The molecule has 126 valence electrons. The molecule has 0 radical (unpaired) electrons. The van der Waals surface area contributed by atoms with Crippen LogP contribution in [0.3, 0.4) is 0 Å². The molecule has 0 heterocycles.